The van der Waals surface area contributed by atoms with Crippen LogP contribution in [0, 0.1) is 6.92 Å². The molecule has 4 rings (SSSR count). The van der Waals surface area contributed by atoms with Gasteiger partial charge < -0.3 is 14.2 Å². The lowest BCUT2D eigenvalue weighted by Crippen LogP contribution is -2.49. The molecule has 3 aromatic rings. The molecule has 1 amide bonds. The maximum atomic E-state index is 12.4. The minimum Gasteiger partial charge on any atom is -0.484 e. The maximum absolute atomic E-state index is 12.4. The van der Waals surface area contributed by atoms with Crippen molar-refractivity contribution < 1.29 is 14.1 Å². The van der Waals surface area contributed by atoms with Gasteiger partial charge in [-0.3, -0.25) is 9.69 Å². The Hall–Kier alpha value is -2.90. The van der Waals surface area contributed by atoms with Crippen LogP contribution in [0.15, 0.2) is 53.1 Å². The summed E-state index contributed by atoms with van der Waals surface area (Å²) in [6, 6.07) is 15.0. The van der Waals surface area contributed by atoms with Crippen molar-refractivity contribution in [2.75, 3.05) is 32.8 Å². The minimum atomic E-state index is -0.0331. The van der Waals surface area contributed by atoms with E-state index >= 15 is 0 Å². The molecule has 7 nitrogen and oxygen atoms in total. The van der Waals surface area contributed by atoms with Gasteiger partial charge in [0.1, 0.15) is 5.75 Å². The Morgan fingerprint density at radius 1 is 1.13 bits per heavy atom. The highest BCUT2D eigenvalue weighted by molar-refractivity contribution is 6.30. The standard InChI is InChI=1S/C22H23ClN4O3/c1-16-5-2-3-8-19(16)22-24-20(30-25-22)14-26-9-11-27(12-10-26)21(28)15-29-18-7-4-6-17(23)13-18/h2-8,13H,9-12,14-15H2,1H3. The Labute approximate surface area is 180 Å². The molecule has 2 heterocycles. The molecular weight excluding hydrogens is 404 g/mol. The van der Waals surface area contributed by atoms with Gasteiger partial charge in [0.25, 0.3) is 5.91 Å². The second kappa shape index (κ2) is 9.28. The summed E-state index contributed by atoms with van der Waals surface area (Å²) < 4.78 is 11.0. The number of piperazine rings is 1. The number of amides is 1. The largest absolute Gasteiger partial charge is 0.484 e. The highest BCUT2D eigenvalue weighted by Gasteiger charge is 2.23. The molecule has 0 unspecified atom stereocenters. The zero-order chi connectivity index (χ0) is 20.9. The van der Waals surface area contributed by atoms with Crippen LogP contribution in [0.2, 0.25) is 5.02 Å². The van der Waals surface area contributed by atoms with Crippen molar-refractivity contribution >= 4 is 17.5 Å². The Bertz CT molecular complexity index is 1010. The quantitative estimate of drug-likeness (QED) is 0.601. The molecule has 0 saturated carbocycles. The molecule has 0 aliphatic carbocycles. The van der Waals surface area contributed by atoms with Crippen LogP contribution in [0.25, 0.3) is 11.4 Å². The summed E-state index contributed by atoms with van der Waals surface area (Å²) in [6.45, 7) is 5.35. The zero-order valence-electron chi connectivity index (χ0n) is 16.8. The van der Waals surface area contributed by atoms with E-state index in [9.17, 15) is 4.79 Å². The van der Waals surface area contributed by atoms with E-state index in [1.165, 1.54) is 0 Å². The third kappa shape index (κ3) is 4.98. The fourth-order valence-corrected chi connectivity index (χ4v) is 3.57. The van der Waals surface area contributed by atoms with Crippen LogP contribution in [0.1, 0.15) is 11.5 Å². The Kier molecular flexibility index (Phi) is 6.30. The summed E-state index contributed by atoms with van der Waals surface area (Å²) in [5, 5.41) is 4.70. The normalized spacial score (nSPS) is 14.7. The van der Waals surface area contributed by atoms with Gasteiger partial charge in [-0.2, -0.15) is 4.98 Å². The van der Waals surface area contributed by atoms with E-state index in [1.54, 1.807) is 24.3 Å². The van der Waals surface area contributed by atoms with Crippen molar-refractivity contribution in [1.82, 2.24) is 19.9 Å². The number of nitrogens with zero attached hydrogens (tertiary/aromatic N) is 4. The Morgan fingerprint density at radius 3 is 2.70 bits per heavy atom. The smallest absolute Gasteiger partial charge is 0.260 e. The van der Waals surface area contributed by atoms with Gasteiger partial charge in [0.15, 0.2) is 6.61 Å². The van der Waals surface area contributed by atoms with Crippen molar-refractivity contribution in [3.8, 4) is 17.1 Å². The molecule has 0 radical (unpaired) electrons. The van der Waals surface area contributed by atoms with E-state index in [-0.39, 0.29) is 12.5 Å². The second-order valence-corrected chi connectivity index (χ2v) is 7.67. The molecule has 0 atom stereocenters. The third-order valence-corrected chi connectivity index (χ3v) is 5.33. The molecule has 1 aromatic heterocycles. The number of hydrogen-bond acceptors (Lipinski definition) is 6. The molecular formula is C22H23ClN4O3. The van der Waals surface area contributed by atoms with Crippen molar-refractivity contribution in [2.24, 2.45) is 0 Å². The van der Waals surface area contributed by atoms with Gasteiger partial charge in [-0.1, -0.05) is 47.1 Å². The van der Waals surface area contributed by atoms with Gasteiger partial charge >= 0.3 is 0 Å². The summed E-state index contributed by atoms with van der Waals surface area (Å²) >= 11 is 5.94. The van der Waals surface area contributed by atoms with E-state index in [0.29, 0.717) is 42.1 Å². The summed E-state index contributed by atoms with van der Waals surface area (Å²) in [7, 11) is 0. The van der Waals surface area contributed by atoms with Crippen molar-refractivity contribution in [2.45, 2.75) is 13.5 Å². The van der Waals surface area contributed by atoms with Crippen LogP contribution in [-0.4, -0.2) is 58.6 Å². The Balaban J connectivity index is 1.26. The van der Waals surface area contributed by atoms with E-state index in [2.05, 4.69) is 15.0 Å². The number of ether oxygens (including phenoxy) is 1. The number of halogens is 1. The van der Waals surface area contributed by atoms with Gasteiger partial charge in [-0.05, 0) is 30.7 Å². The third-order valence-electron chi connectivity index (χ3n) is 5.10. The van der Waals surface area contributed by atoms with Gasteiger partial charge in [0, 0.05) is 36.8 Å². The van der Waals surface area contributed by atoms with E-state index in [1.807, 2.05) is 36.1 Å². The molecule has 1 saturated heterocycles. The number of aromatic nitrogens is 2. The lowest BCUT2D eigenvalue weighted by atomic mass is 10.1. The highest BCUT2D eigenvalue weighted by Crippen LogP contribution is 2.20. The number of rotatable bonds is 6. The van der Waals surface area contributed by atoms with Crippen molar-refractivity contribution in [3.63, 3.8) is 0 Å². The van der Waals surface area contributed by atoms with Crippen LogP contribution in [-0.2, 0) is 11.3 Å². The number of hydrogen-bond donors (Lipinski definition) is 0. The summed E-state index contributed by atoms with van der Waals surface area (Å²) in [5.41, 5.74) is 2.08. The maximum Gasteiger partial charge on any atom is 0.260 e. The van der Waals surface area contributed by atoms with Crippen LogP contribution >= 0.6 is 11.6 Å². The number of carbonyl (C=O) groups is 1. The first-order chi connectivity index (χ1) is 14.6. The van der Waals surface area contributed by atoms with E-state index in [0.717, 1.165) is 24.2 Å². The average Bonchev–Trinajstić information content (AvgIpc) is 3.21. The van der Waals surface area contributed by atoms with Crippen LogP contribution in [0.5, 0.6) is 5.75 Å². The number of benzene rings is 2. The first kappa shape index (κ1) is 20.4. The summed E-state index contributed by atoms with van der Waals surface area (Å²) in [4.78, 5) is 21.0. The first-order valence-corrected chi connectivity index (χ1v) is 10.2. The molecule has 8 heteroatoms. The fraction of sp³-hybridized carbons (Fsp3) is 0.318. The van der Waals surface area contributed by atoms with Crippen molar-refractivity contribution in [1.29, 1.82) is 0 Å². The van der Waals surface area contributed by atoms with Crippen LogP contribution < -0.4 is 4.74 Å². The van der Waals surface area contributed by atoms with E-state index in [4.69, 9.17) is 20.9 Å². The monoisotopic (exact) mass is 426 g/mol. The molecule has 0 spiro atoms. The predicted octanol–water partition coefficient (Wildman–Crippen LogP) is 3.42. The molecule has 1 aliphatic heterocycles. The molecule has 30 heavy (non-hydrogen) atoms. The summed E-state index contributed by atoms with van der Waals surface area (Å²) in [6.07, 6.45) is 0. The van der Waals surface area contributed by atoms with Crippen LogP contribution in [0.3, 0.4) is 0 Å². The lowest BCUT2D eigenvalue weighted by molar-refractivity contribution is -0.135. The molecule has 1 aliphatic rings. The van der Waals surface area contributed by atoms with Crippen LogP contribution in [0.4, 0.5) is 0 Å². The van der Waals surface area contributed by atoms with Gasteiger partial charge in [0.05, 0.1) is 6.54 Å². The molecule has 2 aromatic carbocycles. The molecule has 0 N–H and O–H groups in total. The van der Waals surface area contributed by atoms with Gasteiger partial charge in [-0.15, -0.1) is 0 Å². The van der Waals surface area contributed by atoms with Gasteiger partial charge in [0.2, 0.25) is 11.7 Å². The molecule has 1 fully saturated rings. The molecule has 156 valence electrons. The number of carbonyl (C=O) groups excluding carboxylic acids is 1. The fourth-order valence-electron chi connectivity index (χ4n) is 3.39. The second-order valence-electron chi connectivity index (χ2n) is 7.23. The summed E-state index contributed by atoms with van der Waals surface area (Å²) in [5.74, 6) is 1.75. The van der Waals surface area contributed by atoms with E-state index < -0.39 is 0 Å². The van der Waals surface area contributed by atoms with Gasteiger partial charge in [-0.25, -0.2) is 0 Å². The number of aryl methyl sites for hydroxylation is 1. The first-order valence-electron chi connectivity index (χ1n) is 9.85. The lowest BCUT2D eigenvalue weighted by Gasteiger charge is -2.33. The zero-order valence-corrected chi connectivity index (χ0v) is 17.5. The topological polar surface area (TPSA) is 71.7 Å². The highest BCUT2D eigenvalue weighted by atomic mass is 35.5. The Morgan fingerprint density at radius 2 is 1.93 bits per heavy atom. The van der Waals surface area contributed by atoms with Crippen molar-refractivity contribution in [3.05, 3.63) is 65.0 Å². The molecule has 0 bridgehead atoms. The SMILES string of the molecule is Cc1ccccc1-c1noc(CN2CCN(C(=O)COc3cccc(Cl)c3)CC2)n1. The minimum absolute atomic E-state index is 0.00376. The predicted molar refractivity (Wildman–Crippen MR) is 113 cm³/mol. The average molecular weight is 427 g/mol.